The molecular weight excluding hydrogens is 480 g/mol. The van der Waals surface area contributed by atoms with Crippen LogP contribution in [0.25, 0.3) is 0 Å². The van der Waals surface area contributed by atoms with Crippen molar-refractivity contribution in [1.29, 1.82) is 0 Å². The normalized spacial score (nSPS) is 11.1. The van der Waals surface area contributed by atoms with Gasteiger partial charge in [0.2, 0.25) is 29.1 Å². The van der Waals surface area contributed by atoms with Gasteiger partial charge in [-0.2, -0.15) is 13.9 Å². The fourth-order valence-electron chi connectivity index (χ4n) is 3.13. The molecule has 0 saturated carbocycles. The first-order valence-electron chi connectivity index (χ1n) is 9.97. The quantitative estimate of drug-likeness (QED) is 0.209. The molecule has 0 aliphatic rings. The van der Waals surface area contributed by atoms with Crippen LogP contribution in [0.1, 0.15) is 27.6 Å². The number of benzene rings is 2. The number of hydrogen-bond donors (Lipinski definition) is 1. The van der Waals surface area contributed by atoms with E-state index in [9.17, 15) is 31.1 Å². The largest absolute Gasteiger partial charge is 0.479 e. The van der Waals surface area contributed by atoms with Gasteiger partial charge in [0, 0.05) is 17.3 Å². The molecule has 0 fully saturated rings. The third-order valence-corrected chi connectivity index (χ3v) is 4.91. The van der Waals surface area contributed by atoms with E-state index in [-0.39, 0.29) is 23.9 Å². The minimum Gasteiger partial charge on any atom is -0.479 e. The number of halogens is 6. The van der Waals surface area contributed by atoms with Gasteiger partial charge in [-0.1, -0.05) is 18.2 Å². The van der Waals surface area contributed by atoms with Crippen molar-refractivity contribution in [2.75, 3.05) is 5.32 Å². The van der Waals surface area contributed by atoms with Crippen molar-refractivity contribution >= 4 is 11.7 Å². The van der Waals surface area contributed by atoms with Gasteiger partial charge in [-0.25, -0.2) is 17.6 Å². The molecule has 12 heteroatoms. The van der Waals surface area contributed by atoms with Gasteiger partial charge in [0.15, 0.2) is 17.3 Å². The van der Waals surface area contributed by atoms with E-state index >= 15 is 0 Å². The van der Waals surface area contributed by atoms with Crippen molar-refractivity contribution in [1.82, 2.24) is 9.78 Å². The second kappa shape index (κ2) is 9.57. The molecule has 1 N–H and O–H groups in total. The molecule has 0 atom stereocenters. The van der Waals surface area contributed by atoms with Crippen LogP contribution in [0.4, 0.5) is 32.2 Å². The maximum atomic E-state index is 13.9. The number of carbonyl (C=O) groups excluding carboxylic acids is 1. The molecule has 2 aromatic heterocycles. The third-order valence-electron chi connectivity index (χ3n) is 4.91. The minimum atomic E-state index is -2.31. The van der Waals surface area contributed by atoms with Crippen LogP contribution >= 0.6 is 0 Å². The number of aromatic nitrogens is 2. The van der Waals surface area contributed by atoms with Crippen molar-refractivity contribution in [3.8, 4) is 5.75 Å². The van der Waals surface area contributed by atoms with Crippen LogP contribution in [0.5, 0.6) is 5.75 Å². The lowest BCUT2D eigenvalue weighted by atomic mass is 10.2. The van der Waals surface area contributed by atoms with Gasteiger partial charge in [-0.15, -0.1) is 0 Å². The third kappa shape index (κ3) is 4.86. The van der Waals surface area contributed by atoms with Crippen molar-refractivity contribution in [3.05, 3.63) is 100 Å². The average Bonchev–Trinajstić information content (AvgIpc) is 3.44. The number of carbonyl (C=O) groups is 1. The Balaban J connectivity index is 1.42. The van der Waals surface area contributed by atoms with Gasteiger partial charge < -0.3 is 14.5 Å². The zero-order valence-electron chi connectivity index (χ0n) is 17.8. The maximum absolute atomic E-state index is 13.9. The summed E-state index contributed by atoms with van der Waals surface area (Å²) >= 11 is 0. The lowest BCUT2D eigenvalue weighted by molar-refractivity contribution is 0.0991. The first-order chi connectivity index (χ1) is 16.7. The molecule has 2 heterocycles. The van der Waals surface area contributed by atoms with E-state index in [1.165, 1.54) is 22.9 Å². The van der Waals surface area contributed by atoms with Crippen LogP contribution in [0.2, 0.25) is 0 Å². The molecule has 0 spiro atoms. The van der Waals surface area contributed by atoms with Crippen molar-refractivity contribution in [3.63, 3.8) is 0 Å². The maximum Gasteiger partial charge on any atom is 0.292 e. The summed E-state index contributed by atoms with van der Waals surface area (Å²) in [5, 5.41) is 6.69. The summed E-state index contributed by atoms with van der Waals surface area (Å²) in [5.74, 6) is -13.7. The Morgan fingerprint density at radius 2 is 1.63 bits per heavy atom. The molecule has 4 rings (SSSR count). The lowest BCUT2D eigenvalue weighted by Crippen LogP contribution is -2.12. The molecule has 0 unspecified atom stereocenters. The van der Waals surface area contributed by atoms with E-state index in [0.29, 0.717) is 11.3 Å². The summed E-state index contributed by atoms with van der Waals surface area (Å²) in [6.07, 6.45) is 0. The van der Waals surface area contributed by atoms with Gasteiger partial charge in [0.05, 0.1) is 6.54 Å². The van der Waals surface area contributed by atoms with E-state index < -0.39 is 53.2 Å². The van der Waals surface area contributed by atoms with Crippen LogP contribution in [0.15, 0.2) is 46.9 Å². The molecule has 6 nitrogen and oxygen atoms in total. The number of nitrogens with one attached hydrogen (secondary N) is 1. The molecule has 0 radical (unpaired) electrons. The smallest absolute Gasteiger partial charge is 0.292 e. The second-order valence-corrected chi connectivity index (χ2v) is 7.33. The van der Waals surface area contributed by atoms with Crippen LogP contribution in [-0.4, -0.2) is 15.7 Å². The zero-order valence-corrected chi connectivity index (χ0v) is 17.8. The summed E-state index contributed by atoms with van der Waals surface area (Å²) in [6.45, 7) is 1.13. The Labute approximate surface area is 193 Å². The molecule has 0 saturated heterocycles. The fraction of sp³-hybridized carbons (Fsp3) is 0.130. The van der Waals surface area contributed by atoms with E-state index in [1.807, 2.05) is 0 Å². The molecular formula is C23H15F6N3O3. The van der Waals surface area contributed by atoms with Gasteiger partial charge in [-0.05, 0) is 25.1 Å². The summed E-state index contributed by atoms with van der Waals surface area (Å²) in [7, 11) is 0. The first kappa shape index (κ1) is 23.9. The van der Waals surface area contributed by atoms with Crippen LogP contribution in [0, 0.1) is 41.8 Å². The summed E-state index contributed by atoms with van der Waals surface area (Å²) in [5.41, 5.74) is 1.04. The SMILES string of the molecule is Cc1cc(NC(=O)c2ccc(COc3c(F)c(F)c(F)c(F)c3F)o2)nn1Cc1ccccc1F. The highest BCUT2D eigenvalue weighted by Crippen LogP contribution is 2.30. The van der Waals surface area contributed by atoms with Crippen LogP contribution in [0.3, 0.4) is 0 Å². The van der Waals surface area contributed by atoms with Crippen LogP contribution < -0.4 is 10.1 Å². The highest BCUT2D eigenvalue weighted by Gasteiger charge is 2.27. The number of nitrogens with zero attached hydrogens (tertiary/aromatic N) is 2. The molecule has 2 aromatic carbocycles. The monoisotopic (exact) mass is 495 g/mol. The number of aryl methyl sites for hydroxylation is 1. The number of ether oxygens (including phenoxy) is 1. The summed E-state index contributed by atoms with van der Waals surface area (Å²) < 4.78 is 92.4. The number of hydrogen-bond acceptors (Lipinski definition) is 4. The molecule has 1 amide bonds. The fourth-order valence-corrected chi connectivity index (χ4v) is 3.13. The Morgan fingerprint density at radius 3 is 2.31 bits per heavy atom. The van der Waals surface area contributed by atoms with Crippen molar-refractivity contribution < 1.29 is 40.3 Å². The van der Waals surface area contributed by atoms with Gasteiger partial charge >= 0.3 is 0 Å². The first-order valence-corrected chi connectivity index (χ1v) is 9.97. The van der Waals surface area contributed by atoms with Crippen LogP contribution in [-0.2, 0) is 13.2 Å². The highest BCUT2D eigenvalue weighted by molar-refractivity contribution is 6.01. The van der Waals surface area contributed by atoms with E-state index in [1.54, 1.807) is 31.2 Å². The molecule has 0 bridgehead atoms. The molecule has 182 valence electrons. The zero-order chi connectivity index (χ0) is 25.3. The lowest BCUT2D eigenvalue weighted by Gasteiger charge is -2.09. The van der Waals surface area contributed by atoms with E-state index in [0.717, 1.165) is 0 Å². The molecule has 0 aliphatic carbocycles. The molecule has 4 aromatic rings. The van der Waals surface area contributed by atoms with Crippen molar-refractivity contribution in [2.24, 2.45) is 0 Å². The number of amides is 1. The Morgan fingerprint density at radius 1 is 0.971 bits per heavy atom. The second-order valence-electron chi connectivity index (χ2n) is 7.33. The Hall–Kier alpha value is -4.22. The van der Waals surface area contributed by atoms with Gasteiger partial charge in [0.25, 0.3) is 5.91 Å². The number of rotatable bonds is 7. The van der Waals surface area contributed by atoms with Gasteiger partial charge in [0.1, 0.15) is 18.2 Å². The van der Waals surface area contributed by atoms with E-state index in [4.69, 9.17) is 9.15 Å². The van der Waals surface area contributed by atoms with Crippen molar-refractivity contribution in [2.45, 2.75) is 20.1 Å². The standard InChI is InChI=1S/C23H15F6N3O3/c1-11-8-16(31-32(11)9-12-4-2-3-5-14(12)24)30-23(33)15-7-6-13(35-15)10-34-22-20(28)18(26)17(25)19(27)21(22)29/h2-8H,9-10H2,1H3,(H,30,31,33). The average molecular weight is 495 g/mol. The van der Waals surface area contributed by atoms with E-state index in [2.05, 4.69) is 10.4 Å². The molecule has 0 aliphatic heterocycles. The predicted molar refractivity (Wildman–Crippen MR) is 110 cm³/mol. The number of anilines is 1. The number of furan rings is 1. The highest BCUT2D eigenvalue weighted by atomic mass is 19.2. The molecule has 35 heavy (non-hydrogen) atoms. The Kier molecular flexibility index (Phi) is 6.54. The topological polar surface area (TPSA) is 69.3 Å². The Bertz CT molecular complexity index is 1390. The summed E-state index contributed by atoms with van der Waals surface area (Å²) in [6, 6.07) is 10.2. The predicted octanol–water partition coefficient (Wildman–Crippen LogP) is 5.50. The van der Waals surface area contributed by atoms with Gasteiger partial charge in [-0.3, -0.25) is 9.48 Å². The summed E-state index contributed by atoms with van der Waals surface area (Å²) in [4.78, 5) is 12.5. The minimum absolute atomic E-state index is 0.125.